The molecule has 6 aromatic rings. The van der Waals surface area contributed by atoms with Crippen LogP contribution in [0.1, 0.15) is 28.4 Å². The van der Waals surface area contributed by atoms with Gasteiger partial charge < -0.3 is 20.4 Å². The van der Waals surface area contributed by atoms with Gasteiger partial charge in [0.1, 0.15) is 16.5 Å². The van der Waals surface area contributed by atoms with E-state index in [1.165, 1.54) is 4.68 Å². The third-order valence-corrected chi connectivity index (χ3v) is 7.74. The maximum atomic E-state index is 13.2. The number of carbonyl (C=O) groups excluding carboxylic acids is 2. The van der Waals surface area contributed by atoms with E-state index in [9.17, 15) is 9.59 Å². The molecule has 1 unspecified atom stereocenters. The van der Waals surface area contributed by atoms with E-state index in [4.69, 9.17) is 21.4 Å². The summed E-state index contributed by atoms with van der Waals surface area (Å²) in [7, 11) is 0. The van der Waals surface area contributed by atoms with Crippen LogP contribution < -0.4 is 15.4 Å². The van der Waals surface area contributed by atoms with Crippen molar-refractivity contribution >= 4 is 34.9 Å². The van der Waals surface area contributed by atoms with Crippen LogP contribution >= 0.6 is 11.6 Å². The van der Waals surface area contributed by atoms with Crippen molar-refractivity contribution in [1.82, 2.24) is 19.7 Å². The van der Waals surface area contributed by atoms with Crippen molar-refractivity contribution in [3.05, 3.63) is 131 Å². The number of H-pyrrole nitrogens is 1. The average molecular weight is 631 g/mol. The Bertz CT molecular complexity index is 2020. The van der Waals surface area contributed by atoms with Gasteiger partial charge in [0.2, 0.25) is 5.95 Å². The van der Waals surface area contributed by atoms with Crippen molar-refractivity contribution in [3.8, 4) is 34.2 Å². The fourth-order valence-corrected chi connectivity index (χ4v) is 5.28. The first-order valence-electron chi connectivity index (χ1n) is 14.7. The van der Waals surface area contributed by atoms with Gasteiger partial charge in [-0.05, 0) is 50.6 Å². The highest BCUT2D eigenvalue weighted by Gasteiger charge is 2.24. The van der Waals surface area contributed by atoms with E-state index in [2.05, 4.69) is 20.6 Å². The largest absolute Gasteiger partial charge is 0.481 e. The van der Waals surface area contributed by atoms with Gasteiger partial charge in [-0.2, -0.15) is 9.78 Å². The van der Waals surface area contributed by atoms with Crippen LogP contribution in [-0.2, 0) is 4.79 Å². The molecule has 0 aliphatic heterocycles. The minimum Gasteiger partial charge on any atom is -0.481 e. The summed E-state index contributed by atoms with van der Waals surface area (Å²) >= 11 is 6.86. The lowest BCUT2D eigenvalue weighted by molar-refractivity contribution is -0.122. The number of aryl methyl sites for hydroxylation is 2. The van der Waals surface area contributed by atoms with Crippen molar-refractivity contribution in [1.29, 1.82) is 0 Å². The molecule has 0 spiro atoms. The van der Waals surface area contributed by atoms with Crippen molar-refractivity contribution in [2.45, 2.75) is 26.9 Å². The molecule has 1 atom stereocenters. The summed E-state index contributed by atoms with van der Waals surface area (Å²) in [5, 5.41) is 10.9. The van der Waals surface area contributed by atoms with Gasteiger partial charge in [-0.25, -0.2) is 4.98 Å². The molecule has 0 radical (unpaired) electrons. The molecule has 2 heterocycles. The normalized spacial score (nSPS) is 11.6. The Morgan fingerprint density at radius 3 is 2.33 bits per heavy atom. The van der Waals surface area contributed by atoms with Crippen molar-refractivity contribution in [2.24, 2.45) is 0 Å². The fraction of sp³-hybridized carbons (Fsp3) is 0.111. The molecule has 46 heavy (non-hydrogen) atoms. The number of imidazole rings is 1. The van der Waals surface area contributed by atoms with Crippen LogP contribution in [0.25, 0.3) is 28.5 Å². The Balaban J connectivity index is 1.30. The number of aromatic nitrogens is 4. The molecule has 0 bridgehead atoms. The zero-order valence-corrected chi connectivity index (χ0v) is 26.2. The predicted octanol–water partition coefficient (Wildman–Crippen LogP) is 7.86. The number of nitrogens with zero attached hydrogens (tertiary/aromatic N) is 3. The molecular weight excluding hydrogens is 600 g/mol. The molecule has 0 saturated heterocycles. The van der Waals surface area contributed by atoms with Crippen molar-refractivity contribution < 1.29 is 14.3 Å². The minimum atomic E-state index is -0.745. The van der Waals surface area contributed by atoms with Crippen molar-refractivity contribution in [3.63, 3.8) is 0 Å². The van der Waals surface area contributed by atoms with E-state index >= 15 is 0 Å². The smallest absolute Gasteiger partial charge is 0.265 e. The molecular formula is C36H31ClN6O3. The van der Waals surface area contributed by atoms with Gasteiger partial charge in [0.05, 0.1) is 17.6 Å². The molecule has 230 valence electrons. The molecule has 0 fully saturated rings. The third kappa shape index (κ3) is 6.40. The molecule has 3 N–H and O–H groups in total. The van der Waals surface area contributed by atoms with Crippen molar-refractivity contribution in [2.75, 3.05) is 10.6 Å². The monoisotopic (exact) mass is 630 g/mol. The van der Waals surface area contributed by atoms with E-state index in [1.807, 2.05) is 86.6 Å². The standard InChI is InChI=1S/C36H31ClN6O3/c1-22-18-19-30(23(2)20-22)46-24(3)34(44)39-28-17-11-10-16-27(28)29-21-38-36(40-29)43-33(41-35(45)26-14-8-5-9-15-26)31(37)32(42-43)25-12-6-4-7-13-25/h4-21,24H,1-3H3,(H,38,40)(H,39,44)(H,41,45). The van der Waals surface area contributed by atoms with Crippen LogP contribution in [0.3, 0.4) is 0 Å². The first-order chi connectivity index (χ1) is 22.3. The summed E-state index contributed by atoms with van der Waals surface area (Å²) in [6.45, 7) is 5.67. The quantitative estimate of drug-likeness (QED) is 0.150. The van der Waals surface area contributed by atoms with Gasteiger partial charge in [-0.3, -0.25) is 9.59 Å². The van der Waals surface area contributed by atoms with Crippen LogP contribution in [0, 0.1) is 13.8 Å². The summed E-state index contributed by atoms with van der Waals surface area (Å²) in [5.74, 6) is 0.580. The Labute approximate surface area is 271 Å². The maximum Gasteiger partial charge on any atom is 0.265 e. The minimum absolute atomic E-state index is 0.259. The second kappa shape index (κ2) is 13.1. The van der Waals surface area contributed by atoms with Gasteiger partial charge >= 0.3 is 0 Å². The van der Waals surface area contributed by atoms with E-state index in [0.29, 0.717) is 39.9 Å². The Hall–Kier alpha value is -5.67. The highest BCUT2D eigenvalue weighted by molar-refractivity contribution is 6.36. The Kier molecular flexibility index (Phi) is 8.67. The summed E-state index contributed by atoms with van der Waals surface area (Å²) in [4.78, 5) is 34.3. The zero-order chi connectivity index (χ0) is 32.2. The first kappa shape index (κ1) is 30.4. The SMILES string of the molecule is Cc1ccc(OC(C)C(=O)Nc2ccccc2-c2cnc(-n3nc(-c4ccccc4)c(Cl)c3NC(=O)c3ccccc3)[nH]2)c(C)c1. The topological polar surface area (TPSA) is 114 Å². The molecule has 2 aromatic heterocycles. The number of benzene rings is 4. The number of aromatic amines is 1. The number of hydrogen-bond acceptors (Lipinski definition) is 5. The van der Waals surface area contributed by atoms with E-state index in [0.717, 1.165) is 16.7 Å². The summed E-state index contributed by atoms with van der Waals surface area (Å²) < 4.78 is 7.45. The number of amides is 2. The summed E-state index contributed by atoms with van der Waals surface area (Å²) in [5.41, 5.74) is 5.68. The van der Waals surface area contributed by atoms with Gasteiger partial charge in [0.15, 0.2) is 11.9 Å². The van der Waals surface area contributed by atoms with Gasteiger partial charge in [0.25, 0.3) is 11.8 Å². The van der Waals surface area contributed by atoms with Gasteiger partial charge in [-0.1, -0.05) is 96.0 Å². The second-order valence-corrected chi connectivity index (χ2v) is 11.2. The first-order valence-corrected chi connectivity index (χ1v) is 15.1. The van der Waals surface area contributed by atoms with Crippen LogP contribution in [0.5, 0.6) is 5.75 Å². The van der Waals surface area contributed by atoms with Crippen LogP contribution in [0.2, 0.25) is 5.02 Å². The highest BCUT2D eigenvalue weighted by Crippen LogP contribution is 2.36. The average Bonchev–Trinajstić information content (AvgIpc) is 3.68. The molecule has 0 aliphatic carbocycles. The zero-order valence-electron chi connectivity index (χ0n) is 25.4. The molecule has 10 heteroatoms. The van der Waals surface area contributed by atoms with Crippen LogP contribution in [0.15, 0.2) is 109 Å². The van der Waals surface area contributed by atoms with E-state index in [-0.39, 0.29) is 22.7 Å². The van der Waals surface area contributed by atoms with E-state index < -0.39 is 6.10 Å². The number of ether oxygens (including phenoxy) is 1. The number of halogens is 1. The molecule has 0 saturated carbocycles. The number of hydrogen-bond donors (Lipinski definition) is 3. The lowest BCUT2D eigenvalue weighted by Crippen LogP contribution is -2.30. The lowest BCUT2D eigenvalue weighted by atomic mass is 10.1. The molecule has 9 nitrogen and oxygen atoms in total. The molecule has 6 rings (SSSR count). The number of nitrogens with one attached hydrogen (secondary N) is 3. The van der Waals surface area contributed by atoms with E-state index in [1.54, 1.807) is 43.5 Å². The number of rotatable bonds is 9. The number of anilines is 2. The van der Waals surface area contributed by atoms with Crippen LogP contribution in [-0.4, -0.2) is 37.7 Å². The third-order valence-electron chi connectivity index (χ3n) is 7.38. The second-order valence-electron chi connectivity index (χ2n) is 10.8. The highest BCUT2D eigenvalue weighted by atomic mass is 35.5. The summed E-state index contributed by atoms with van der Waals surface area (Å²) in [6, 6.07) is 31.5. The molecule has 0 aliphatic rings. The van der Waals surface area contributed by atoms with Gasteiger partial charge in [0, 0.05) is 16.7 Å². The maximum absolute atomic E-state index is 13.2. The number of para-hydroxylation sites is 1. The molecule has 4 aromatic carbocycles. The van der Waals surface area contributed by atoms with Gasteiger partial charge in [-0.15, -0.1) is 0 Å². The molecule has 2 amide bonds. The lowest BCUT2D eigenvalue weighted by Gasteiger charge is -2.17. The Morgan fingerprint density at radius 2 is 1.59 bits per heavy atom. The van der Waals surface area contributed by atoms with Crippen LogP contribution in [0.4, 0.5) is 11.5 Å². The number of carbonyl (C=O) groups is 2. The fourth-order valence-electron chi connectivity index (χ4n) is 5.00. The summed E-state index contributed by atoms with van der Waals surface area (Å²) in [6.07, 6.45) is 0.890. The Morgan fingerprint density at radius 1 is 0.891 bits per heavy atom. The predicted molar refractivity (Wildman–Crippen MR) is 181 cm³/mol.